The van der Waals surface area contributed by atoms with Gasteiger partial charge in [-0.05, 0) is 57.9 Å². The number of β-amino-alcohol motifs (C(OH)–C–C–N with tert-alkyl or cyclic N) is 1. The van der Waals surface area contributed by atoms with Crippen LogP contribution in [-0.4, -0.2) is 47.1 Å². The number of aliphatic hydroxyl groups is 1. The Labute approximate surface area is 133 Å². The summed E-state index contributed by atoms with van der Waals surface area (Å²) in [5, 5.41) is 10.2. The van der Waals surface area contributed by atoms with Gasteiger partial charge in [0.1, 0.15) is 18.5 Å². The minimum Gasteiger partial charge on any atom is -0.491 e. The van der Waals surface area contributed by atoms with Crippen LogP contribution in [0.3, 0.4) is 0 Å². The van der Waals surface area contributed by atoms with Gasteiger partial charge in [-0.25, -0.2) is 0 Å². The maximum atomic E-state index is 11.2. The van der Waals surface area contributed by atoms with Gasteiger partial charge in [-0.1, -0.05) is 6.42 Å². The van der Waals surface area contributed by atoms with Gasteiger partial charge in [0.05, 0.1) is 0 Å². The number of nitrogens with zero attached hydrogens (tertiary/aromatic N) is 1. The summed E-state index contributed by atoms with van der Waals surface area (Å²) >= 11 is 0. The van der Waals surface area contributed by atoms with Crippen molar-refractivity contribution in [2.45, 2.75) is 58.2 Å². The number of ether oxygens (including phenoxy) is 1. The quantitative estimate of drug-likeness (QED) is 0.821. The van der Waals surface area contributed by atoms with Crippen LogP contribution < -0.4 is 4.74 Å². The van der Waals surface area contributed by atoms with Crippen molar-refractivity contribution in [3.63, 3.8) is 0 Å². The molecule has 0 aliphatic carbocycles. The SMILES string of the molecule is CC(=O)c1ccc(OC[C@H](O)CN2[C@H](C)CCC[C@H]2C)cc1. The number of hydrogen-bond donors (Lipinski definition) is 1. The zero-order chi connectivity index (χ0) is 16.1. The molecule has 1 aromatic rings. The lowest BCUT2D eigenvalue weighted by molar-refractivity contribution is 0.0209. The van der Waals surface area contributed by atoms with E-state index in [1.807, 2.05) is 0 Å². The highest BCUT2D eigenvalue weighted by atomic mass is 16.5. The maximum Gasteiger partial charge on any atom is 0.159 e. The third kappa shape index (κ3) is 4.55. The Morgan fingerprint density at radius 2 is 1.86 bits per heavy atom. The van der Waals surface area contributed by atoms with Crippen molar-refractivity contribution in [1.82, 2.24) is 4.90 Å². The highest BCUT2D eigenvalue weighted by molar-refractivity contribution is 5.94. The molecule has 4 heteroatoms. The van der Waals surface area contributed by atoms with Gasteiger partial charge in [0.2, 0.25) is 0 Å². The fourth-order valence-electron chi connectivity index (χ4n) is 3.11. The van der Waals surface area contributed by atoms with Crippen molar-refractivity contribution in [1.29, 1.82) is 0 Å². The molecular weight excluding hydrogens is 278 g/mol. The minimum atomic E-state index is -0.504. The van der Waals surface area contributed by atoms with E-state index in [-0.39, 0.29) is 12.4 Å². The van der Waals surface area contributed by atoms with Crippen LogP contribution in [0.1, 0.15) is 50.4 Å². The number of aliphatic hydroxyl groups excluding tert-OH is 1. The van der Waals surface area contributed by atoms with E-state index < -0.39 is 6.10 Å². The molecule has 1 saturated heterocycles. The van der Waals surface area contributed by atoms with E-state index in [9.17, 15) is 9.90 Å². The number of benzene rings is 1. The molecule has 1 fully saturated rings. The topological polar surface area (TPSA) is 49.8 Å². The molecule has 1 aliphatic heterocycles. The first-order chi connectivity index (χ1) is 10.5. The smallest absolute Gasteiger partial charge is 0.159 e. The monoisotopic (exact) mass is 305 g/mol. The van der Waals surface area contributed by atoms with Crippen LogP contribution >= 0.6 is 0 Å². The van der Waals surface area contributed by atoms with Crippen LogP contribution in [0.25, 0.3) is 0 Å². The first-order valence-electron chi connectivity index (χ1n) is 8.15. The molecule has 0 spiro atoms. The molecular formula is C18H27NO3. The number of rotatable bonds is 6. The Bertz CT molecular complexity index is 476. The first kappa shape index (κ1) is 17.0. The number of ketones is 1. The van der Waals surface area contributed by atoms with Crippen molar-refractivity contribution in [2.75, 3.05) is 13.2 Å². The van der Waals surface area contributed by atoms with Crippen molar-refractivity contribution < 1.29 is 14.6 Å². The predicted octanol–water partition coefficient (Wildman–Crippen LogP) is 2.89. The third-order valence-corrected chi connectivity index (χ3v) is 4.50. The predicted molar refractivity (Wildman–Crippen MR) is 87.4 cm³/mol. The van der Waals surface area contributed by atoms with Crippen LogP contribution in [0.4, 0.5) is 0 Å². The van der Waals surface area contributed by atoms with Crippen LogP contribution in [0, 0.1) is 0 Å². The number of likely N-dealkylation sites (tertiary alicyclic amines) is 1. The summed E-state index contributed by atoms with van der Waals surface area (Å²) in [5.41, 5.74) is 0.670. The molecule has 0 amide bonds. The Balaban J connectivity index is 1.81. The van der Waals surface area contributed by atoms with Gasteiger partial charge >= 0.3 is 0 Å². The van der Waals surface area contributed by atoms with Gasteiger partial charge in [0.15, 0.2) is 5.78 Å². The molecule has 1 aliphatic rings. The highest BCUT2D eigenvalue weighted by Gasteiger charge is 2.26. The number of Topliss-reactive ketones (excluding diaryl/α,β-unsaturated/α-hetero) is 1. The molecule has 1 N–H and O–H groups in total. The standard InChI is InChI=1S/C18H27NO3/c1-13-5-4-6-14(2)19(13)11-17(21)12-22-18-9-7-16(8-10-18)15(3)20/h7-10,13-14,17,21H,4-6,11-12H2,1-3H3/t13-,14-,17-/m1/s1. The second-order valence-corrected chi connectivity index (χ2v) is 6.37. The second kappa shape index (κ2) is 7.75. The summed E-state index contributed by atoms with van der Waals surface area (Å²) in [6.07, 6.45) is 3.17. The molecule has 0 unspecified atom stereocenters. The summed E-state index contributed by atoms with van der Waals surface area (Å²) in [4.78, 5) is 13.6. The van der Waals surface area contributed by atoms with Gasteiger partial charge in [-0.3, -0.25) is 9.69 Å². The number of hydrogen-bond acceptors (Lipinski definition) is 4. The van der Waals surface area contributed by atoms with E-state index in [0.29, 0.717) is 29.9 Å². The van der Waals surface area contributed by atoms with Gasteiger partial charge in [-0.15, -0.1) is 0 Å². The zero-order valence-electron chi connectivity index (χ0n) is 13.8. The normalized spacial score (nSPS) is 24.0. The molecule has 22 heavy (non-hydrogen) atoms. The van der Waals surface area contributed by atoms with Crippen LogP contribution in [0.5, 0.6) is 5.75 Å². The van der Waals surface area contributed by atoms with E-state index in [2.05, 4.69) is 18.7 Å². The van der Waals surface area contributed by atoms with Crippen molar-refractivity contribution in [2.24, 2.45) is 0 Å². The van der Waals surface area contributed by atoms with Gasteiger partial charge < -0.3 is 9.84 Å². The Morgan fingerprint density at radius 1 is 1.27 bits per heavy atom. The fourth-order valence-corrected chi connectivity index (χ4v) is 3.11. The summed E-state index contributed by atoms with van der Waals surface area (Å²) in [5.74, 6) is 0.725. The average molecular weight is 305 g/mol. The van der Waals surface area contributed by atoms with Crippen molar-refractivity contribution in [3.8, 4) is 5.75 Å². The summed E-state index contributed by atoms with van der Waals surface area (Å²) in [6, 6.07) is 8.09. The summed E-state index contributed by atoms with van der Waals surface area (Å²) < 4.78 is 5.63. The van der Waals surface area contributed by atoms with Gasteiger partial charge in [-0.2, -0.15) is 0 Å². The van der Waals surface area contributed by atoms with Crippen molar-refractivity contribution in [3.05, 3.63) is 29.8 Å². The lowest BCUT2D eigenvalue weighted by Crippen LogP contribution is -2.48. The molecule has 4 nitrogen and oxygen atoms in total. The van der Waals surface area contributed by atoms with Gasteiger partial charge in [0.25, 0.3) is 0 Å². The van der Waals surface area contributed by atoms with E-state index >= 15 is 0 Å². The lowest BCUT2D eigenvalue weighted by Gasteiger charge is -2.40. The molecule has 0 saturated carbocycles. The van der Waals surface area contributed by atoms with Gasteiger partial charge in [0, 0.05) is 24.2 Å². The summed E-state index contributed by atoms with van der Waals surface area (Å²) in [6.45, 7) is 6.91. The highest BCUT2D eigenvalue weighted by Crippen LogP contribution is 2.22. The first-order valence-corrected chi connectivity index (χ1v) is 8.15. The van der Waals surface area contributed by atoms with E-state index in [4.69, 9.17) is 4.74 Å². The summed E-state index contributed by atoms with van der Waals surface area (Å²) in [7, 11) is 0. The third-order valence-electron chi connectivity index (χ3n) is 4.50. The minimum absolute atomic E-state index is 0.0414. The molecule has 0 aromatic heterocycles. The number of carbonyl (C=O) groups is 1. The second-order valence-electron chi connectivity index (χ2n) is 6.37. The molecule has 0 bridgehead atoms. The van der Waals surface area contributed by atoms with Crippen LogP contribution in [-0.2, 0) is 0 Å². The molecule has 122 valence electrons. The Kier molecular flexibility index (Phi) is 5.98. The largest absolute Gasteiger partial charge is 0.491 e. The van der Waals surface area contributed by atoms with Crippen LogP contribution in [0.2, 0.25) is 0 Å². The number of carbonyl (C=O) groups excluding carboxylic acids is 1. The van der Waals surface area contributed by atoms with E-state index in [1.165, 1.54) is 19.3 Å². The molecule has 0 radical (unpaired) electrons. The average Bonchev–Trinajstić information content (AvgIpc) is 2.49. The van der Waals surface area contributed by atoms with Crippen LogP contribution in [0.15, 0.2) is 24.3 Å². The van der Waals surface area contributed by atoms with Crippen molar-refractivity contribution >= 4 is 5.78 Å². The molecule has 2 rings (SSSR count). The van der Waals surface area contributed by atoms with E-state index in [0.717, 1.165) is 0 Å². The Morgan fingerprint density at radius 3 is 2.41 bits per heavy atom. The van der Waals surface area contributed by atoms with E-state index in [1.54, 1.807) is 31.2 Å². The number of piperidine rings is 1. The molecule has 1 heterocycles. The maximum absolute atomic E-state index is 11.2. The zero-order valence-corrected chi connectivity index (χ0v) is 13.8. The molecule has 3 atom stereocenters. The fraction of sp³-hybridized carbons (Fsp3) is 0.611. The lowest BCUT2D eigenvalue weighted by atomic mass is 9.97. The molecule has 1 aromatic carbocycles. The Hall–Kier alpha value is -1.39.